The van der Waals surface area contributed by atoms with Crippen molar-refractivity contribution < 1.29 is 19.1 Å². The normalized spacial score (nSPS) is 11.4. The average Bonchev–Trinajstić information content (AvgIpc) is 2.86. The summed E-state index contributed by atoms with van der Waals surface area (Å²) in [4.78, 5) is 25.2. The second kappa shape index (κ2) is 10.3. The Morgan fingerprint density at radius 3 is 2.27 bits per heavy atom. The van der Waals surface area contributed by atoms with Crippen LogP contribution < -0.4 is 20.3 Å². The van der Waals surface area contributed by atoms with Gasteiger partial charge in [-0.1, -0.05) is 66.7 Å². The molecule has 1 unspecified atom stereocenters. The number of amides is 2. The van der Waals surface area contributed by atoms with Crippen LogP contribution in [0.4, 0.5) is 0 Å². The lowest BCUT2D eigenvalue weighted by molar-refractivity contribution is -0.128. The SMILES string of the molecule is CC(Oc1ccc2ccccc2c1)C(=O)NNC(=O)c1ccccc1COc1ccccc1. The molecule has 0 saturated carbocycles. The van der Waals surface area contributed by atoms with Gasteiger partial charge in [0.15, 0.2) is 6.10 Å². The molecule has 0 fully saturated rings. The molecule has 33 heavy (non-hydrogen) atoms. The number of nitrogens with one attached hydrogen (secondary N) is 2. The van der Waals surface area contributed by atoms with Gasteiger partial charge in [0.25, 0.3) is 11.8 Å². The van der Waals surface area contributed by atoms with Crippen LogP contribution in [-0.2, 0) is 11.4 Å². The van der Waals surface area contributed by atoms with Crippen LogP contribution in [-0.4, -0.2) is 17.9 Å². The molecule has 166 valence electrons. The van der Waals surface area contributed by atoms with E-state index in [0.29, 0.717) is 22.6 Å². The molecule has 0 bridgehead atoms. The zero-order valence-electron chi connectivity index (χ0n) is 18.2. The Kier molecular flexibility index (Phi) is 6.85. The van der Waals surface area contributed by atoms with Gasteiger partial charge in [0.1, 0.15) is 18.1 Å². The number of hydrogen-bond donors (Lipinski definition) is 2. The van der Waals surface area contributed by atoms with Gasteiger partial charge in [0.05, 0.1) is 0 Å². The molecule has 0 spiro atoms. The molecule has 2 N–H and O–H groups in total. The van der Waals surface area contributed by atoms with Crippen molar-refractivity contribution in [2.45, 2.75) is 19.6 Å². The van der Waals surface area contributed by atoms with Gasteiger partial charge >= 0.3 is 0 Å². The smallest absolute Gasteiger partial charge is 0.279 e. The number of ether oxygens (including phenoxy) is 2. The third-order valence-corrected chi connectivity index (χ3v) is 5.10. The first-order valence-corrected chi connectivity index (χ1v) is 10.6. The Morgan fingerprint density at radius 2 is 1.45 bits per heavy atom. The molecule has 6 heteroatoms. The zero-order chi connectivity index (χ0) is 23.0. The first-order valence-electron chi connectivity index (χ1n) is 10.6. The fourth-order valence-electron chi connectivity index (χ4n) is 3.33. The van der Waals surface area contributed by atoms with Crippen molar-refractivity contribution in [3.63, 3.8) is 0 Å². The highest BCUT2D eigenvalue weighted by molar-refractivity contribution is 5.97. The molecule has 0 saturated heterocycles. The van der Waals surface area contributed by atoms with E-state index >= 15 is 0 Å². The van der Waals surface area contributed by atoms with Gasteiger partial charge in [-0.05, 0) is 48.0 Å². The van der Waals surface area contributed by atoms with Gasteiger partial charge in [-0.3, -0.25) is 20.4 Å². The van der Waals surface area contributed by atoms with Crippen LogP contribution in [0.3, 0.4) is 0 Å². The van der Waals surface area contributed by atoms with E-state index in [0.717, 1.165) is 10.8 Å². The monoisotopic (exact) mass is 440 g/mol. The molecular weight excluding hydrogens is 416 g/mol. The lowest BCUT2D eigenvalue weighted by Gasteiger charge is -2.16. The average molecular weight is 440 g/mol. The van der Waals surface area contributed by atoms with E-state index < -0.39 is 17.9 Å². The van der Waals surface area contributed by atoms with Gasteiger partial charge in [0.2, 0.25) is 0 Å². The molecule has 0 aromatic heterocycles. The summed E-state index contributed by atoms with van der Waals surface area (Å²) in [7, 11) is 0. The van der Waals surface area contributed by atoms with E-state index in [9.17, 15) is 9.59 Å². The largest absolute Gasteiger partial charge is 0.489 e. The number of hydrogen-bond acceptors (Lipinski definition) is 4. The summed E-state index contributed by atoms with van der Waals surface area (Å²) in [5, 5.41) is 2.11. The van der Waals surface area contributed by atoms with Crippen molar-refractivity contribution in [3.05, 3.63) is 108 Å². The molecule has 0 radical (unpaired) electrons. The number of hydrazine groups is 1. The second-order valence-electron chi connectivity index (χ2n) is 7.47. The highest BCUT2D eigenvalue weighted by Crippen LogP contribution is 2.21. The second-order valence-corrected chi connectivity index (χ2v) is 7.47. The summed E-state index contributed by atoms with van der Waals surface area (Å²) in [6, 6.07) is 30.0. The molecule has 0 aliphatic rings. The molecule has 2 amide bonds. The van der Waals surface area contributed by atoms with E-state index in [-0.39, 0.29) is 6.61 Å². The predicted molar refractivity (Wildman–Crippen MR) is 127 cm³/mol. The number of rotatable bonds is 7. The van der Waals surface area contributed by atoms with Crippen LogP contribution in [0.15, 0.2) is 97.1 Å². The number of fused-ring (bicyclic) bond motifs is 1. The van der Waals surface area contributed by atoms with Crippen LogP contribution >= 0.6 is 0 Å². The summed E-state index contributed by atoms with van der Waals surface area (Å²) < 4.78 is 11.5. The summed E-state index contributed by atoms with van der Waals surface area (Å²) in [5.74, 6) is 0.384. The number of benzene rings is 4. The quantitative estimate of drug-likeness (QED) is 0.410. The van der Waals surface area contributed by atoms with Crippen molar-refractivity contribution >= 4 is 22.6 Å². The molecule has 0 heterocycles. The molecule has 1 atom stereocenters. The van der Waals surface area contributed by atoms with E-state index in [4.69, 9.17) is 9.47 Å². The van der Waals surface area contributed by atoms with Crippen LogP contribution in [0.2, 0.25) is 0 Å². The van der Waals surface area contributed by atoms with Crippen LogP contribution in [0.25, 0.3) is 10.8 Å². The Labute approximate surface area is 192 Å². The first-order chi connectivity index (χ1) is 16.1. The lowest BCUT2D eigenvalue weighted by Crippen LogP contribution is -2.47. The highest BCUT2D eigenvalue weighted by atomic mass is 16.5. The summed E-state index contributed by atoms with van der Waals surface area (Å²) in [6.45, 7) is 1.85. The fourth-order valence-corrected chi connectivity index (χ4v) is 3.33. The number of carbonyl (C=O) groups is 2. The molecule has 0 aliphatic carbocycles. The Hall–Kier alpha value is -4.32. The molecular formula is C27H24N2O4. The minimum absolute atomic E-state index is 0.225. The maximum absolute atomic E-state index is 12.7. The van der Waals surface area contributed by atoms with Crippen molar-refractivity contribution in [2.75, 3.05) is 0 Å². The standard InChI is InChI=1S/C27H24N2O4/c1-19(33-24-16-15-20-9-5-6-10-21(20)17-24)26(30)28-29-27(31)25-14-8-7-11-22(25)18-32-23-12-3-2-4-13-23/h2-17,19H,18H2,1H3,(H,28,30)(H,29,31). The summed E-state index contributed by atoms with van der Waals surface area (Å²) in [6.07, 6.45) is -0.803. The van der Waals surface area contributed by atoms with Gasteiger partial charge in [-0.15, -0.1) is 0 Å². The molecule has 6 nitrogen and oxygen atoms in total. The van der Waals surface area contributed by atoms with Crippen molar-refractivity contribution in [1.29, 1.82) is 0 Å². The Bertz CT molecular complexity index is 1260. The zero-order valence-corrected chi connectivity index (χ0v) is 18.2. The van der Waals surface area contributed by atoms with E-state index in [1.165, 1.54) is 0 Å². The summed E-state index contributed by atoms with van der Waals surface area (Å²) >= 11 is 0. The third kappa shape index (κ3) is 5.68. The van der Waals surface area contributed by atoms with Gasteiger partial charge in [0, 0.05) is 11.1 Å². The van der Waals surface area contributed by atoms with E-state index in [2.05, 4.69) is 10.9 Å². The van der Waals surface area contributed by atoms with E-state index in [1.54, 1.807) is 19.1 Å². The van der Waals surface area contributed by atoms with Crippen molar-refractivity contribution in [2.24, 2.45) is 0 Å². The topological polar surface area (TPSA) is 76.7 Å². The Morgan fingerprint density at radius 1 is 0.758 bits per heavy atom. The highest BCUT2D eigenvalue weighted by Gasteiger charge is 2.17. The van der Waals surface area contributed by atoms with Crippen molar-refractivity contribution in [3.8, 4) is 11.5 Å². The van der Waals surface area contributed by atoms with Crippen LogP contribution in [0.5, 0.6) is 11.5 Å². The third-order valence-electron chi connectivity index (χ3n) is 5.10. The number of carbonyl (C=O) groups excluding carboxylic acids is 2. The predicted octanol–water partition coefficient (Wildman–Crippen LogP) is 4.65. The van der Waals surface area contributed by atoms with Crippen LogP contribution in [0.1, 0.15) is 22.8 Å². The first kappa shape index (κ1) is 21.9. The summed E-state index contributed by atoms with van der Waals surface area (Å²) in [5.41, 5.74) is 6.01. The van der Waals surface area contributed by atoms with Gasteiger partial charge in [-0.2, -0.15) is 0 Å². The van der Waals surface area contributed by atoms with Gasteiger partial charge < -0.3 is 9.47 Å². The Balaban J connectivity index is 1.33. The van der Waals surface area contributed by atoms with Crippen molar-refractivity contribution in [1.82, 2.24) is 10.9 Å². The molecule has 0 aliphatic heterocycles. The van der Waals surface area contributed by atoms with E-state index in [1.807, 2.05) is 84.9 Å². The minimum Gasteiger partial charge on any atom is -0.489 e. The molecule has 4 rings (SSSR count). The maximum atomic E-state index is 12.7. The fraction of sp³-hybridized carbons (Fsp3) is 0.111. The lowest BCUT2D eigenvalue weighted by atomic mass is 10.1. The van der Waals surface area contributed by atoms with Gasteiger partial charge in [-0.25, -0.2) is 0 Å². The minimum atomic E-state index is -0.803. The van der Waals surface area contributed by atoms with Crippen LogP contribution in [0, 0.1) is 0 Å². The molecule has 4 aromatic rings. The number of para-hydroxylation sites is 1. The molecule has 4 aromatic carbocycles. The maximum Gasteiger partial charge on any atom is 0.279 e.